The molecular weight excluding hydrogens is 226 g/mol. The summed E-state index contributed by atoms with van der Waals surface area (Å²) in [4.78, 5) is 18.2. The van der Waals surface area contributed by atoms with Crippen LogP contribution in [-0.4, -0.2) is 42.0 Å². The van der Waals surface area contributed by atoms with Crippen LogP contribution in [0.15, 0.2) is 24.4 Å². The molecule has 1 aliphatic rings. The minimum absolute atomic E-state index is 0.0783. The maximum Gasteiger partial charge on any atom is 0.269 e. The molecule has 2 heterocycles. The van der Waals surface area contributed by atoms with E-state index in [1.54, 1.807) is 12.3 Å². The molecule has 0 aliphatic carbocycles. The van der Waals surface area contributed by atoms with Crippen LogP contribution in [0.1, 0.15) is 36.2 Å². The molecule has 2 rings (SSSR count). The Balaban J connectivity index is 1.70. The van der Waals surface area contributed by atoms with Crippen molar-refractivity contribution in [2.45, 2.75) is 25.7 Å². The maximum atomic E-state index is 11.8. The van der Waals surface area contributed by atoms with Crippen molar-refractivity contribution in [2.75, 3.05) is 26.2 Å². The van der Waals surface area contributed by atoms with E-state index >= 15 is 0 Å². The number of carbonyl (C=O) groups excluding carboxylic acids is 1. The van der Waals surface area contributed by atoms with Crippen molar-refractivity contribution in [3.05, 3.63) is 30.1 Å². The van der Waals surface area contributed by atoms with E-state index in [1.807, 2.05) is 12.1 Å². The standard InChI is InChI=1S/C14H21N3O/c18-14(13-7-3-4-8-15-13)16-9-12-17-10-5-1-2-6-11-17/h3-4,7-8H,1-2,5-6,9-12H2,(H,16,18). The number of rotatable bonds is 4. The molecule has 0 unspecified atom stereocenters. The summed E-state index contributed by atoms with van der Waals surface area (Å²) in [6.07, 6.45) is 6.90. The topological polar surface area (TPSA) is 45.2 Å². The van der Waals surface area contributed by atoms with E-state index in [-0.39, 0.29) is 5.91 Å². The molecular formula is C14H21N3O. The van der Waals surface area contributed by atoms with Crippen molar-refractivity contribution in [3.63, 3.8) is 0 Å². The lowest BCUT2D eigenvalue weighted by atomic mass is 10.2. The molecule has 0 aromatic carbocycles. The van der Waals surface area contributed by atoms with Gasteiger partial charge in [-0.1, -0.05) is 18.9 Å². The zero-order valence-electron chi connectivity index (χ0n) is 10.8. The maximum absolute atomic E-state index is 11.8. The number of nitrogens with zero attached hydrogens (tertiary/aromatic N) is 2. The molecule has 1 N–H and O–H groups in total. The van der Waals surface area contributed by atoms with Gasteiger partial charge in [-0.3, -0.25) is 9.78 Å². The van der Waals surface area contributed by atoms with Crippen molar-refractivity contribution in [2.24, 2.45) is 0 Å². The van der Waals surface area contributed by atoms with Gasteiger partial charge < -0.3 is 10.2 Å². The largest absolute Gasteiger partial charge is 0.349 e. The van der Waals surface area contributed by atoms with Crippen LogP contribution in [0.25, 0.3) is 0 Å². The van der Waals surface area contributed by atoms with Crippen molar-refractivity contribution in [3.8, 4) is 0 Å². The van der Waals surface area contributed by atoms with Crippen LogP contribution in [-0.2, 0) is 0 Å². The monoisotopic (exact) mass is 247 g/mol. The second kappa shape index (κ2) is 7.11. The summed E-state index contributed by atoms with van der Waals surface area (Å²) in [5.41, 5.74) is 0.494. The fourth-order valence-corrected chi connectivity index (χ4v) is 2.27. The lowest BCUT2D eigenvalue weighted by Gasteiger charge is -2.19. The predicted molar refractivity (Wildman–Crippen MR) is 71.5 cm³/mol. The Hall–Kier alpha value is -1.42. The Kier molecular flexibility index (Phi) is 5.15. The first-order valence-corrected chi connectivity index (χ1v) is 6.78. The van der Waals surface area contributed by atoms with Crippen LogP contribution in [0.3, 0.4) is 0 Å². The quantitative estimate of drug-likeness (QED) is 0.880. The highest BCUT2D eigenvalue weighted by atomic mass is 16.1. The van der Waals surface area contributed by atoms with E-state index in [1.165, 1.54) is 38.8 Å². The van der Waals surface area contributed by atoms with Crippen molar-refractivity contribution in [1.29, 1.82) is 0 Å². The molecule has 4 nitrogen and oxygen atoms in total. The highest BCUT2D eigenvalue weighted by Gasteiger charge is 2.10. The molecule has 1 aromatic heterocycles. The Bertz CT molecular complexity index is 359. The summed E-state index contributed by atoms with van der Waals surface area (Å²) in [6, 6.07) is 5.38. The molecule has 0 bridgehead atoms. The van der Waals surface area contributed by atoms with E-state index in [0.717, 1.165) is 6.54 Å². The summed E-state index contributed by atoms with van der Waals surface area (Å²) >= 11 is 0. The number of nitrogens with one attached hydrogen (secondary N) is 1. The van der Waals surface area contributed by atoms with Gasteiger partial charge >= 0.3 is 0 Å². The molecule has 0 spiro atoms. The predicted octanol–water partition coefficient (Wildman–Crippen LogP) is 1.69. The fourth-order valence-electron chi connectivity index (χ4n) is 2.27. The summed E-state index contributed by atoms with van der Waals surface area (Å²) in [5, 5.41) is 2.92. The zero-order valence-corrected chi connectivity index (χ0v) is 10.8. The molecule has 1 amide bonds. The van der Waals surface area contributed by atoms with Crippen LogP contribution >= 0.6 is 0 Å². The third-order valence-electron chi connectivity index (χ3n) is 3.31. The molecule has 98 valence electrons. The summed E-state index contributed by atoms with van der Waals surface area (Å²) in [6.45, 7) is 3.98. The van der Waals surface area contributed by atoms with E-state index in [0.29, 0.717) is 12.2 Å². The van der Waals surface area contributed by atoms with Crippen molar-refractivity contribution >= 4 is 5.91 Å². The van der Waals surface area contributed by atoms with Gasteiger partial charge in [-0.2, -0.15) is 0 Å². The molecule has 0 saturated carbocycles. The fraction of sp³-hybridized carbons (Fsp3) is 0.571. The molecule has 0 radical (unpaired) electrons. The zero-order chi connectivity index (χ0) is 12.6. The Morgan fingerprint density at radius 1 is 1.22 bits per heavy atom. The molecule has 1 saturated heterocycles. The number of amides is 1. The first-order chi connectivity index (χ1) is 8.86. The number of hydrogen-bond donors (Lipinski definition) is 1. The normalized spacial score (nSPS) is 17.1. The average Bonchev–Trinajstić information content (AvgIpc) is 2.68. The first kappa shape index (κ1) is 13.0. The number of likely N-dealkylation sites (tertiary alicyclic amines) is 1. The smallest absolute Gasteiger partial charge is 0.269 e. The summed E-state index contributed by atoms with van der Waals surface area (Å²) in [7, 11) is 0. The number of hydrogen-bond acceptors (Lipinski definition) is 3. The lowest BCUT2D eigenvalue weighted by molar-refractivity contribution is 0.0943. The SMILES string of the molecule is O=C(NCCN1CCCCCC1)c1ccccn1. The number of carbonyl (C=O) groups is 1. The average molecular weight is 247 g/mol. The molecule has 1 aromatic rings. The molecule has 1 fully saturated rings. The second-order valence-electron chi connectivity index (χ2n) is 4.73. The van der Waals surface area contributed by atoms with E-state index in [2.05, 4.69) is 15.2 Å². The third-order valence-corrected chi connectivity index (χ3v) is 3.31. The Morgan fingerprint density at radius 3 is 2.67 bits per heavy atom. The van der Waals surface area contributed by atoms with Crippen LogP contribution < -0.4 is 5.32 Å². The molecule has 0 atom stereocenters. The molecule has 1 aliphatic heterocycles. The van der Waals surface area contributed by atoms with Gasteiger partial charge in [0.15, 0.2) is 0 Å². The van der Waals surface area contributed by atoms with E-state index < -0.39 is 0 Å². The van der Waals surface area contributed by atoms with E-state index in [9.17, 15) is 4.79 Å². The number of aromatic nitrogens is 1. The lowest BCUT2D eigenvalue weighted by Crippen LogP contribution is -2.35. The number of pyridine rings is 1. The van der Waals surface area contributed by atoms with Gasteiger partial charge in [0.25, 0.3) is 5.91 Å². The van der Waals surface area contributed by atoms with Gasteiger partial charge in [-0.05, 0) is 38.1 Å². The summed E-state index contributed by atoms with van der Waals surface area (Å²) < 4.78 is 0. The van der Waals surface area contributed by atoms with Crippen LogP contribution in [0.4, 0.5) is 0 Å². The Labute approximate surface area is 108 Å². The first-order valence-electron chi connectivity index (χ1n) is 6.78. The minimum Gasteiger partial charge on any atom is -0.349 e. The van der Waals surface area contributed by atoms with Crippen LogP contribution in [0.5, 0.6) is 0 Å². The highest BCUT2D eigenvalue weighted by Crippen LogP contribution is 2.08. The van der Waals surface area contributed by atoms with Gasteiger partial charge in [0.2, 0.25) is 0 Å². The highest BCUT2D eigenvalue weighted by molar-refractivity contribution is 5.92. The summed E-state index contributed by atoms with van der Waals surface area (Å²) in [5.74, 6) is -0.0783. The Morgan fingerprint density at radius 2 is 2.00 bits per heavy atom. The third kappa shape index (κ3) is 4.11. The van der Waals surface area contributed by atoms with E-state index in [4.69, 9.17) is 0 Å². The minimum atomic E-state index is -0.0783. The van der Waals surface area contributed by atoms with Gasteiger partial charge in [0.1, 0.15) is 5.69 Å². The van der Waals surface area contributed by atoms with Crippen LogP contribution in [0.2, 0.25) is 0 Å². The van der Waals surface area contributed by atoms with Gasteiger partial charge in [0, 0.05) is 19.3 Å². The van der Waals surface area contributed by atoms with Gasteiger partial charge in [-0.15, -0.1) is 0 Å². The van der Waals surface area contributed by atoms with Gasteiger partial charge in [0.05, 0.1) is 0 Å². The van der Waals surface area contributed by atoms with Crippen molar-refractivity contribution in [1.82, 2.24) is 15.2 Å². The molecule has 4 heteroatoms. The van der Waals surface area contributed by atoms with Gasteiger partial charge in [-0.25, -0.2) is 0 Å². The second-order valence-corrected chi connectivity index (χ2v) is 4.73. The van der Waals surface area contributed by atoms with Crippen molar-refractivity contribution < 1.29 is 4.79 Å². The molecule has 18 heavy (non-hydrogen) atoms. The van der Waals surface area contributed by atoms with Crippen LogP contribution in [0, 0.1) is 0 Å².